The second-order valence-electron chi connectivity index (χ2n) is 6.15. The number of likely N-dealkylation sites (N-methyl/N-ethyl adjacent to an activating group) is 1. The lowest BCUT2D eigenvalue weighted by molar-refractivity contribution is -0.149. The standard InChI is InChI=1S/C13H27N3O/c1-10(2)8-16-11(6-7-14)12(17)15(5)9-13(16,3)4/h10-11H,6-9,14H2,1-5H3. The van der Waals surface area contributed by atoms with Gasteiger partial charge in [-0.3, -0.25) is 9.69 Å². The van der Waals surface area contributed by atoms with Gasteiger partial charge < -0.3 is 10.6 Å². The van der Waals surface area contributed by atoms with Gasteiger partial charge in [-0.2, -0.15) is 0 Å². The summed E-state index contributed by atoms with van der Waals surface area (Å²) in [6, 6.07) is -0.0452. The Kier molecular flexibility index (Phi) is 4.55. The molecule has 4 nitrogen and oxygen atoms in total. The van der Waals surface area contributed by atoms with E-state index in [4.69, 9.17) is 5.73 Å². The second-order valence-corrected chi connectivity index (χ2v) is 6.15. The van der Waals surface area contributed by atoms with Crippen LogP contribution in [0.2, 0.25) is 0 Å². The molecule has 1 saturated heterocycles. The number of hydrogen-bond acceptors (Lipinski definition) is 3. The number of nitrogens with zero attached hydrogens (tertiary/aromatic N) is 2. The molecule has 0 aromatic rings. The lowest BCUT2D eigenvalue weighted by atomic mass is 9.91. The first-order valence-corrected chi connectivity index (χ1v) is 6.51. The van der Waals surface area contributed by atoms with Gasteiger partial charge in [-0.25, -0.2) is 0 Å². The van der Waals surface area contributed by atoms with Gasteiger partial charge in [0, 0.05) is 25.7 Å². The fourth-order valence-electron chi connectivity index (χ4n) is 2.76. The van der Waals surface area contributed by atoms with E-state index < -0.39 is 0 Å². The van der Waals surface area contributed by atoms with Gasteiger partial charge in [0.1, 0.15) is 0 Å². The normalized spacial score (nSPS) is 25.7. The minimum atomic E-state index is -0.0452. The van der Waals surface area contributed by atoms with E-state index in [1.54, 1.807) is 0 Å². The van der Waals surface area contributed by atoms with Gasteiger partial charge in [0.05, 0.1) is 6.04 Å². The van der Waals surface area contributed by atoms with Gasteiger partial charge >= 0.3 is 0 Å². The zero-order chi connectivity index (χ0) is 13.2. The van der Waals surface area contributed by atoms with Crippen molar-refractivity contribution in [1.82, 2.24) is 9.80 Å². The third-order valence-electron chi connectivity index (χ3n) is 3.44. The van der Waals surface area contributed by atoms with Crippen molar-refractivity contribution in [2.45, 2.75) is 45.7 Å². The first-order chi connectivity index (χ1) is 7.79. The van der Waals surface area contributed by atoms with E-state index >= 15 is 0 Å². The fraction of sp³-hybridized carbons (Fsp3) is 0.923. The smallest absolute Gasteiger partial charge is 0.239 e. The Labute approximate surface area is 105 Å². The average molecular weight is 241 g/mol. The highest BCUT2D eigenvalue weighted by molar-refractivity contribution is 5.82. The number of carbonyl (C=O) groups is 1. The second kappa shape index (κ2) is 5.36. The van der Waals surface area contributed by atoms with E-state index in [1.165, 1.54) is 0 Å². The molecule has 17 heavy (non-hydrogen) atoms. The lowest BCUT2D eigenvalue weighted by Crippen LogP contribution is -2.66. The fourth-order valence-corrected chi connectivity index (χ4v) is 2.76. The molecule has 1 unspecified atom stereocenters. The molecule has 1 aliphatic rings. The van der Waals surface area contributed by atoms with Crippen LogP contribution in [0.4, 0.5) is 0 Å². The zero-order valence-electron chi connectivity index (χ0n) is 11.9. The molecule has 0 aromatic carbocycles. The largest absolute Gasteiger partial charge is 0.343 e. The van der Waals surface area contributed by atoms with E-state index in [9.17, 15) is 4.79 Å². The SMILES string of the molecule is CC(C)CN1C(CCN)C(=O)N(C)CC1(C)C. The van der Waals surface area contributed by atoms with E-state index in [0.717, 1.165) is 19.5 Å². The van der Waals surface area contributed by atoms with Crippen molar-refractivity contribution >= 4 is 5.91 Å². The molecule has 100 valence electrons. The molecule has 1 fully saturated rings. The van der Waals surface area contributed by atoms with E-state index in [-0.39, 0.29) is 17.5 Å². The van der Waals surface area contributed by atoms with Crippen LogP contribution in [0.1, 0.15) is 34.1 Å². The Morgan fingerprint density at radius 1 is 1.47 bits per heavy atom. The van der Waals surface area contributed by atoms with Crippen molar-refractivity contribution in [2.24, 2.45) is 11.7 Å². The van der Waals surface area contributed by atoms with Crippen LogP contribution >= 0.6 is 0 Å². The average Bonchev–Trinajstić information content (AvgIpc) is 2.19. The van der Waals surface area contributed by atoms with Crippen LogP contribution in [-0.4, -0.2) is 54.0 Å². The molecular weight excluding hydrogens is 214 g/mol. The first kappa shape index (κ1) is 14.5. The number of carbonyl (C=O) groups excluding carboxylic acids is 1. The van der Waals surface area contributed by atoms with Crippen LogP contribution in [0.5, 0.6) is 0 Å². The molecule has 0 spiro atoms. The number of piperazine rings is 1. The summed E-state index contributed by atoms with van der Waals surface area (Å²) < 4.78 is 0. The molecule has 1 atom stereocenters. The van der Waals surface area contributed by atoms with Crippen molar-refractivity contribution in [3.63, 3.8) is 0 Å². The summed E-state index contributed by atoms with van der Waals surface area (Å²) in [7, 11) is 1.89. The molecule has 0 aromatic heterocycles. The van der Waals surface area contributed by atoms with E-state index in [1.807, 2.05) is 11.9 Å². The van der Waals surface area contributed by atoms with Gasteiger partial charge in [-0.05, 0) is 32.7 Å². The molecule has 1 aliphatic heterocycles. The van der Waals surface area contributed by atoms with Gasteiger partial charge in [-0.15, -0.1) is 0 Å². The highest BCUT2D eigenvalue weighted by Gasteiger charge is 2.43. The molecule has 2 N–H and O–H groups in total. The van der Waals surface area contributed by atoms with Crippen molar-refractivity contribution in [3.05, 3.63) is 0 Å². The van der Waals surface area contributed by atoms with Gasteiger partial charge in [0.2, 0.25) is 5.91 Å². The van der Waals surface area contributed by atoms with Crippen LogP contribution in [0.25, 0.3) is 0 Å². The summed E-state index contributed by atoms with van der Waals surface area (Å²) in [4.78, 5) is 16.4. The Hall–Kier alpha value is -0.610. The molecule has 1 amide bonds. The van der Waals surface area contributed by atoms with Crippen LogP contribution in [-0.2, 0) is 4.79 Å². The van der Waals surface area contributed by atoms with E-state index in [0.29, 0.717) is 12.5 Å². The highest BCUT2D eigenvalue weighted by Crippen LogP contribution is 2.27. The van der Waals surface area contributed by atoms with Crippen LogP contribution in [0.15, 0.2) is 0 Å². The molecule has 1 rings (SSSR count). The lowest BCUT2D eigenvalue weighted by Gasteiger charge is -2.51. The monoisotopic (exact) mass is 241 g/mol. The third-order valence-corrected chi connectivity index (χ3v) is 3.44. The summed E-state index contributed by atoms with van der Waals surface area (Å²) >= 11 is 0. The molecule has 0 radical (unpaired) electrons. The first-order valence-electron chi connectivity index (χ1n) is 6.51. The van der Waals surface area contributed by atoms with Crippen molar-refractivity contribution in [3.8, 4) is 0 Å². The molecular formula is C13H27N3O. The molecule has 0 aliphatic carbocycles. The Balaban J connectivity index is 2.94. The maximum absolute atomic E-state index is 12.2. The summed E-state index contributed by atoms with van der Waals surface area (Å²) in [6.07, 6.45) is 0.749. The highest BCUT2D eigenvalue weighted by atomic mass is 16.2. The van der Waals surface area contributed by atoms with Gasteiger partial charge in [-0.1, -0.05) is 13.8 Å². The van der Waals surface area contributed by atoms with Gasteiger partial charge in [0.25, 0.3) is 0 Å². The Bertz CT molecular complexity index is 276. The maximum atomic E-state index is 12.2. The minimum Gasteiger partial charge on any atom is -0.343 e. The quantitative estimate of drug-likeness (QED) is 0.796. The van der Waals surface area contributed by atoms with Gasteiger partial charge in [0.15, 0.2) is 0 Å². The topological polar surface area (TPSA) is 49.6 Å². The molecule has 0 saturated carbocycles. The molecule has 0 bridgehead atoms. The number of hydrogen-bond donors (Lipinski definition) is 1. The third kappa shape index (κ3) is 3.19. The van der Waals surface area contributed by atoms with Crippen LogP contribution in [0.3, 0.4) is 0 Å². The summed E-state index contributed by atoms with van der Waals surface area (Å²) in [5.74, 6) is 0.779. The molecule has 1 heterocycles. The van der Waals surface area contributed by atoms with Crippen molar-refractivity contribution in [2.75, 3.05) is 26.7 Å². The van der Waals surface area contributed by atoms with Crippen molar-refractivity contribution in [1.29, 1.82) is 0 Å². The molecule has 4 heteroatoms. The minimum absolute atomic E-state index is 0.0345. The Morgan fingerprint density at radius 3 is 2.53 bits per heavy atom. The predicted molar refractivity (Wildman–Crippen MR) is 70.7 cm³/mol. The van der Waals surface area contributed by atoms with Crippen LogP contribution < -0.4 is 5.73 Å². The summed E-state index contributed by atoms with van der Waals surface area (Å²) in [5, 5.41) is 0. The summed E-state index contributed by atoms with van der Waals surface area (Å²) in [5.41, 5.74) is 5.69. The van der Waals surface area contributed by atoms with E-state index in [2.05, 4.69) is 32.6 Å². The number of amides is 1. The summed E-state index contributed by atoms with van der Waals surface area (Å²) in [6.45, 7) is 11.1. The predicted octanol–water partition coefficient (Wildman–Crippen LogP) is 0.912. The Morgan fingerprint density at radius 2 is 2.06 bits per heavy atom. The number of rotatable bonds is 4. The maximum Gasteiger partial charge on any atom is 0.239 e. The number of nitrogens with two attached hydrogens (primary N) is 1. The van der Waals surface area contributed by atoms with Crippen molar-refractivity contribution < 1.29 is 4.79 Å². The van der Waals surface area contributed by atoms with Crippen LogP contribution in [0, 0.1) is 5.92 Å². The zero-order valence-corrected chi connectivity index (χ0v) is 11.9.